The molecule has 1 aliphatic heterocycles. The molecule has 1 heterocycles. The van der Waals surface area contributed by atoms with Crippen molar-refractivity contribution in [2.24, 2.45) is 0 Å². The highest BCUT2D eigenvalue weighted by molar-refractivity contribution is 6.30. The van der Waals surface area contributed by atoms with Gasteiger partial charge in [0.25, 0.3) is 0 Å². The summed E-state index contributed by atoms with van der Waals surface area (Å²) in [5.74, 6) is -0.0631. The normalized spacial score (nSPS) is 19.8. The van der Waals surface area contributed by atoms with Gasteiger partial charge in [0, 0.05) is 26.2 Å². The SMILES string of the molecule is CCCCCCC1COC(CN(CCC(OCCC)OCCC)C(=O)C(Cl)CCC)O1. The highest BCUT2D eigenvalue weighted by Gasteiger charge is 2.31. The summed E-state index contributed by atoms with van der Waals surface area (Å²) in [4.78, 5) is 14.8. The van der Waals surface area contributed by atoms with Crippen LogP contribution in [0.25, 0.3) is 0 Å². The fourth-order valence-corrected chi connectivity index (χ4v) is 3.93. The van der Waals surface area contributed by atoms with Crippen LogP contribution in [0.3, 0.4) is 0 Å². The number of hydrogen-bond donors (Lipinski definition) is 0. The van der Waals surface area contributed by atoms with Crippen LogP contribution in [0, 0.1) is 0 Å². The first kappa shape index (κ1) is 28.6. The predicted molar refractivity (Wildman–Crippen MR) is 125 cm³/mol. The molecule has 31 heavy (non-hydrogen) atoms. The molecule has 0 spiro atoms. The maximum Gasteiger partial charge on any atom is 0.240 e. The van der Waals surface area contributed by atoms with E-state index in [0.717, 1.165) is 32.1 Å². The Bertz CT molecular complexity index is 446. The molecule has 184 valence electrons. The number of halogens is 1. The summed E-state index contributed by atoms with van der Waals surface area (Å²) in [7, 11) is 0. The van der Waals surface area contributed by atoms with Gasteiger partial charge in [-0.25, -0.2) is 0 Å². The van der Waals surface area contributed by atoms with Gasteiger partial charge in [-0.1, -0.05) is 59.8 Å². The second kappa shape index (κ2) is 18.1. The van der Waals surface area contributed by atoms with Crippen molar-refractivity contribution in [2.75, 3.05) is 32.9 Å². The Morgan fingerprint density at radius 3 is 2.32 bits per heavy atom. The minimum atomic E-state index is -0.525. The van der Waals surface area contributed by atoms with Gasteiger partial charge in [-0.2, -0.15) is 0 Å². The standard InChI is InChI=1S/C24H46ClNO5/c1-5-9-10-11-13-20-19-30-23(31-20)18-26(24(27)21(25)12-6-2)15-14-22(28-16-7-3)29-17-8-4/h20-23H,5-19H2,1-4H3. The van der Waals surface area contributed by atoms with Crippen LogP contribution in [0.15, 0.2) is 0 Å². The molecule has 3 atom stereocenters. The van der Waals surface area contributed by atoms with E-state index in [2.05, 4.69) is 20.8 Å². The van der Waals surface area contributed by atoms with Crippen LogP contribution in [0.2, 0.25) is 0 Å². The summed E-state index contributed by atoms with van der Waals surface area (Å²) in [6, 6.07) is 0. The maximum atomic E-state index is 13.0. The zero-order valence-electron chi connectivity index (χ0n) is 20.3. The molecule has 0 N–H and O–H groups in total. The molecular weight excluding hydrogens is 418 g/mol. The van der Waals surface area contributed by atoms with Crippen molar-refractivity contribution in [1.82, 2.24) is 4.90 Å². The fraction of sp³-hybridized carbons (Fsp3) is 0.958. The van der Waals surface area contributed by atoms with Crippen molar-refractivity contribution in [2.45, 2.75) is 116 Å². The molecule has 1 saturated heterocycles. The number of unbranched alkanes of at least 4 members (excludes halogenated alkanes) is 3. The Kier molecular flexibility index (Phi) is 16.7. The molecule has 6 nitrogen and oxygen atoms in total. The summed E-state index contributed by atoms with van der Waals surface area (Å²) >= 11 is 6.39. The number of rotatable bonds is 19. The van der Waals surface area contributed by atoms with Gasteiger partial charge in [0.05, 0.1) is 19.3 Å². The highest BCUT2D eigenvalue weighted by atomic mass is 35.5. The minimum Gasteiger partial charge on any atom is -0.353 e. The Hall–Kier alpha value is -0.400. The number of hydrogen-bond acceptors (Lipinski definition) is 5. The van der Waals surface area contributed by atoms with E-state index in [1.165, 1.54) is 19.3 Å². The highest BCUT2D eigenvalue weighted by Crippen LogP contribution is 2.20. The minimum absolute atomic E-state index is 0.0631. The Labute approximate surface area is 195 Å². The molecule has 0 aliphatic carbocycles. The third kappa shape index (κ3) is 12.4. The van der Waals surface area contributed by atoms with E-state index in [-0.39, 0.29) is 18.3 Å². The van der Waals surface area contributed by atoms with E-state index in [9.17, 15) is 4.79 Å². The van der Waals surface area contributed by atoms with Crippen LogP contribution in [0.4, 0.5) is 0 Å². The predicted octanol–water partition coefficient (Wildman–Crippen LogP) is 5.50. The lowest BCUT2D eigenvalue weighted by Crippen LogP contribution is -2.43. The number of amides is 1. The lowest BCUT2D eigenvalue weighted by molar-refractivity contribution is -0.155. The van der Waals surface area contributed by atoms with E-state index in [1.54, 1.807) is 4.90 Å². The summed E-state index contributed by atoms with van der Waals surface area (Å²) < 4.78 is 23.6. The zero-order valence-corrected chi connectivity index (χ0v) is 21.0. The van der Waals surface area contributed by atoms with E-state index in [0.29, 0.717) is 45.8 Å². The molecular formula is C24H46ClNO5. The Morgan fingerprint density at radius 1 is 1.00 bits per heavy atom. The summed E-state index contributed by atoms with van der Waals surface area (Å²) in [6.07, 6.45) is 9.28. The van der Waals surface area contributed by atoms with Crippen molar-refractivity contribution in [3.8, 4) is 0 Å². The van der Waals surface area contributed by atoms with Crippen LogP contribution in [0.1, 0.15) is 91.9 Å². The molecule has 0 aromatic rings. The van der Waals surface area contributed by atoms with Crippen molar-refractivity contribution in [3.63, 3.8) is 0 Å². The molecule has 1 amide bonds. The first-order valence-corrected chi connectivity index (χ1v) is 12.9. The molecule has 0 aromatic heterocycles. The van der Waals surface area contributed by atoms with Crippen LogP contribution < -0.4 is 0 Å². The molecule has 1 aliphatic rings. The number of alkyl halides is 1. The van der Waals surface area contributed by atoms with Gasteiger partial charge < -0.3 is 23.8 Å². The van der Waals surface area contributed by atoms with E-state index >= 15 is 0 Å². The van der Waals surface area contributed by atoms with Crippen molar-refractivity contribution in [1.29, 1.82) is 0 Å². The summed E-state index contributed by atoms with van der Waals surface area (Å²) in [5.41, 5.74) is 0. The fourth-order valence-electron chi connectivity index (χ4n) is 3.57. The third-order valence-electron chi connectivity index (χ3n) is 5.33. The van der Waals surface area contributed by atoms with Gasteiger partial charge >= 0.3 is 0 Å². The van der Waals surface area contributed by atoms with E-state index in [4.69, 9.17) is 30.5 Å². The molecule has 0 radical (unpaired) electrons. The lowest BCUT2D eigenvalue weighted by Gasteiger charge is -2.29. The largest absolute Gasteiger partial charge is 0.353 e. The van der Waals surface area contributed by atoms with E-state index < -0.39 is 11.7 Å². The Balaban J connectivity index is 2.62. The van der Waals surface area contributed by atoms with Gasteiger partial charge in [0.2, 0.25) is 5.91 Å². The van der Waals surface area contributed by atoms with Crippen molar-refractivity contribution in [3.05, 3.63) is 0 Å². The molecule has 0 bridgehead atoms. The number of ether oxygens (including phenoxy) is 4. The average molecular weight is 464 g/mol. The third-order valence-corrected chi connectivity index (χ3v) is 5.74. The first-order valence-electron chi connectivity index (χ1n) is 12.5. The van der Waals surface area contributed by atoms with Gasteiger partial charge in [0.15, 0.2) is 12.6 Å². The first-order chi connectivity index (χ1) is 15.0. The van der Waals surface area contributed by atoms with Crippen molar-refractivity contribution < 1.29 is 23.7 Å². The van der Waals surface area contributed by atoms with E-state index in [1.807, 2.05) is 6.92 Å². The molecule has 0 saturated carbocycles. The van der Waals surface area contributed by atoms with Crippen LogP contribution >= 0.6 is 11.6 Å². The average Bonchev–Trinajstić information content (AvgIpc) is 3.22. The molecule has 1 fully saturated rings. The zero-order chi connectivity index (χ0) is 22.9. The topological polar surface area (TPSA) is 57.2 Å². The number of nitrogens with zero attached hydrogens (tertiary/aromatic N) is 1. The molecule has 3 unspecified atom stereocenters. The van der Waals surface area contributed by atoms with Gasteiger partial charge in [-0.15, -0.1) is 11.6 Å². The molecule has 1 rings (SSSR count). The number of carbonyl (C=O) groups excluding carboxylic acids is 1. The van der Waals surface area contributed by atoms with Gasteiger partial charge in [-0.3, -0.25) is 4.79 Å². The van der Waals surface area contributed by atoms with Crippen LogP contribution in [-0.2, 0) is 23.7 Å². The second-order valence-electron chi connectivity index (χ2n) is 8.37. The Morgan fingerprint density at radius 2 is 1.71 bits per heavy atom. The van der Waals surface area contributed by atoms with Gasteiger partial charge in [0.1, 0.15) is 5.38 Å². The maximum absolute atomic E-state index is 13.0. The molecule has 7 heteroatoms. The molecule has 0 aromatic carbocycles. The second-order valence-corrected chi connectivity index (χ2v) is 8.90. The van der Waals surface area contributed by atoms with Crippen LogP contribution in [-0.4, -0.2) is 67.8 Å². The summed E-state index contributed by atoms with van der Waals surface area (Å²) in [5, 5.41) is -0.525. The smallest absolute Gasteiger partial charge is 0.240 e. The monoisotopic (exact) mass is 463 g/mol. The van der Waals surface area contributed by atoms with Gasteiger partial charge in [-0.05, 0) is 25.7 Å². The lowest BCUT2D eigenvalue weighted by atomic mass is 10.1. The van der Waals surface area contributed by atoms with Crippen LogP contribution in [0.5, 0.6) is 0 Å². The van der Waals surface area contributed by atoms with Crippen molar-refractivity contribution >= 4 is 17.5 Å². The summed E-state index contributed by atoms with van der Waals surface area (Å²) in [6.45, 7) is 11.2. The number of carbonyl (C=O) groups is 1. The quantitative estimate of drug-likeness (QED) is 0.144.